The Hall–Kier alpha value is -4.73. The molecule has 1 aliphatic rings. The number of hydrogen-bond donors (Lipinski definition) is 1. The molecule has 194 valence electrons. The number of amides is 2. The first-order chi connectivity index (χ1) is 18.4. The number of halogens is 2. The Morgan fingerprint density at radius 3 is 2.29 bits per heavy atom. The maximum atomic E-state index is 15.4. The van der Waals surface area contributed by atoms with Crippen LogP contribution >= 0.6 is 0 Å². The molecule has 0 spiro atoms. The van der Waals surface area contributed by atoms with Crippen LogP contribution in [0.5, 0.6) is 23.0 Å². The van der Waals surface area contributed by atoms with Gasteiger partial charge in [0.15, 0.2) is 23.1 Å². The summed E-state index contributed by atoms with van der Waals surface area (Å²) in [6.07, 6.45) is 1.83. The fourth-order valence-electron chi connectivity index (χ4n) is 4.35. The molecular weight excluding hydrogens is 496 g/mol. The summed E-state index contributed by atoms with van der Waals surface area (Å²) in [5.74, 6) is -1.94. The maximum absolute atomic E-state index is 15.4. The predicted octanol–water partition coefficient (Wildman–Crippen LogP) is 5.12. The number of nitrogens with one attached hydrogen (secondary N) is 1. The van der Waals surface area contributed by atoms with Gasteiger partial charge in [0.05, 0.1) is 25.4 Å². The van der Waals surface area contributed by atoms with Crippen LogP contribution < -0.4 is 24.4 Å². The van der Waals surface area contributed by atoms with Crippen molar-refractivity contribution in [1.29, 1.82) is 0 Å². The van der Waals surface area contributed by atoms with Crippen LogP contribution in [-0.2, 0) is 9.59 Å². The van der Waals surface area contributed by atoms with Crippen LogP contribution in [0.4, 0.5) is 20.2 Å². The molecular formula is C28H23F2N3O5. The van der Waals surface area contributed by atoms with E-state index >= 15 is 4.39 Å². The van der Waals surface area contributed by atoms with Crippen LogP contribution in [0.3, 0.4) is 0 Å². The minimum Gasteiger partial charge on any atom is -0.493 e. The minimum absolute atomic E-state index is 0.0962. The van der Waals surface area contributed by atoms with Crippen molar-refractivity contribution in [1.82, 2.24) is 10.3 Å². The zero-order chi connectivity index (χ0) is 26.8. The van der Waals surface area contributed by atoms with Crippen molar-refractivity contribution < 1.29 is 32.6 Å². The summed E-state index contributed by atoms with van der Waals surface area (Å²) < 4.78 is 45.6. The molecule has 10 heteroatoms. The molecule has 1 unspecified atom stereocenters. The van der Waals surface area contributed by atoms with Gasteiger partial charge < -0.3 is 19.5 Å². The largest absolute Gasteiger partial charge is 0.493 e. The summed E-state index contributed by atoms with van der Waals surface area (Å²) >= 11 is 0. The van der Waals surface area contributed by atoms with Gasteiger partial charge >= 0.3 is 0 Å². The van der Waals surface area contributed by atoms with Crippen LogP contribution in [0.2, 0.25) is 0 Å². The first-order valence-corrected chi connectivity index (χ1v) is 11.7. The third kappa shape index (κ3) is 4.68. The smallest absolute Gasteiger partial charge is 0.244 e. The lowest BCUT2D eigenvalue weighted by molar-refractivity contribution is -0.131. The van der Waals surface area contributed by atoms with Gasteiger partial charge in [-0.25, -0.2) is 8.78 Å². The number of nitrogens with zero attached hydrogens (tertiary/aromatic N) is 2. The predicted molar refractivity (Wildman–Crippen MR) is 136 cm³/mol. The van der Waals surface area contributed by atoms with Gasteiger partial charge in [-0.1, -0.05) is 0 Å². The molecule has 4 aromatic rings. The van der Waals surface area contributed by atoms with E-state index in [1.165, 1.54) is 61.7 Å². The van der Waals surface area contributed by atoms with Crippen LogP contribution in [0.1, 0.15) is 6.42 Å². The van der Waals surface area contributed by atoms with E-state index in [2.05, 4.69) is 10.3 Å². The van der Waals surface area contributed by atoms with Crippen LogP contribution in [0.25, 0.3) is 10.9 Å². The maximum Gasteiger partial charge on any atom is 0.244 e. The highest BCUT2D eigenvalue weighted by molar-refractivity contribution is 6.12. The second-order valence-electron chi connectivity index (χ2n) is 8.53. The van der Waals surface area contributed by atoms with E-state index < -0.39 is 29.4 Å². The molecule has 1 atom stereocenters. The molecule has 38 heavy (non-hydrogen) atoms. The molecule has 3 aromatic carbocycles. The Morgan fingerprint density at radius 1 is 0.921 bits per heavy atom. The zero-order valence-corrected chi connectivity index (χ0v) is 20.5. The standard InChI is InChI=1S/C28H23F2N3O5/c1-36-25-14-20-22(15-26(25)37-2)31-12-10-23(20)38-24-8-7-18(13-21(24)30)33(17-5-3-16(29)4-6-17)28(35)19-9-11-32-27(19)34/h3-8,10,12-15,19H,9,11H2,1-2H3,(H,32,34). The number of benzene rings is 3. The van der Waals surface area contributed by atoms with E-state index in [4.69, 9.17) is 14.2 Å². The van der Waals surface area contributed by atoms with Crippen LogP contribution in [0, 0.1) is 17.6 Å². The fourth-order valence-corrected chi connectivity index (χ4v) is 4.35. The summed E-state index contributed by atoms with van der Waals surface area (Å²) in [7, 11) is 3.02. The zero-order valence-electron chi connectivity index (χ0n) is 20.5. The minimum atomic E-state index is -0.936. The molecule has 0 aliphatic carbocycles. The highest BCUT2D eigenvalue weighted by Gasteiger charge is 2.36. The number of carbonyl (C=O) groups is 2. The second-order valence-corrected chi connectivity index (χ2v) is 8.53. The number of methoxy groups -OCH3 is 2. The van der Waals surface area contributed by atoms with Gasteiger partial charge in [0.2, 0.25) is 11.8 Å². The number of aromatic nitrogens is 1. The Labute approximate surface area is 216 Å². The third-order valence-corrected chi connectivity index (χ3v) is 6.25. The van der Waals surface area contributed by atoms with Crippen molar-refractivity contribution in [2.24, 2.45) is 5.92 Å². The van der Waals surface area contributed by atoms with Gasteiger partial charge in [-0.2, -0.15) is 0 Å². The average Bonchev–Trinajstić information content (AvgIpc) is 3.36. The Balaban J connectivity index is 1.51. The van der Waals surface area contributed by atoms with E-state index in [1.54, 1.807) is 18.2 Å². The van der Waals surface area contributed by atoms with Gasteiger partial charge in [-0.15, -0.1) is 0 Å². The van der Waals surface area contributed by atoms with E-state index in [0.717, 1.165) is 6.07 Å². The van der Waals surface area contributed by atoms with Gasteiger partial charge in [-0.05, 0) is 55.0 Å². The van der Waals surface area contributed by atoms with Crippen LogP contribution in [0.15, 0.2) is 66.9 Å². The number of fused-ring (bicyclic) bond motifs is 1. The first kappa shape index (κ1) is 24.9. The Morgan fingerprint density at radius 2 is 1.63 bits per heavy atom. The van der Waals surface area contributed by atoms with Crippen LogP contribution in [-0.4, -0.2) is 37.6 Å². The molecule has 0 bridgehead atoms. The summed E-state index contributed by atoms with van der Waals surface area (Å²) in [6.45, 7) is 0.365. The topological polar surface area (TPSA) is 90.0 Å². The van der Waals surface area contributed by atoms with E-state index in [9.17, 15) is 14.0 Å². The highest BCUT2D eigenvalue weighted by Crippen LogP contribution is 2.38. The monoisotopic (exact) mass is 519 g/mol. The lowest BCUT2D eigenvalue weighted by Gasteiger charge is -2.25. The number of pyridine rings is 1. The molecule has 1 aromatic heterocycles. The molecule has 1 saturated heterocycles. The number of rotatable bonds is 7. The SMILES string of the molecule is COc1cc2nccc(Oc3ccc(N(C(=O)C4CCNC4=O)c4ccc(F)cc4)cc3F)c2cc1OC. The molecule has 2 amide bonds. The molecule has 0 saturated carbocycles. The lowest BCUT2D eigenvalue weighted by Crippen LogP contribution is -2.36. The lowest BCUT2D eigenvalue weighted by atomic mass is 10.1. The third-order valence-electron chi connectivity index (χ3n) is 6.25. The average molecular weight is 520 g/mol. The number of anilines is 2. The number of ether oxygens (including phenoxy) is 3. The van der Waals surface area contributed by atoms with E-state index in [1.807, 2.05) is 0 Å². The molecule has 0 radical (unpaired) electrons. The fraction of sp³-hybridized carbons (Fsp3) is 0.179. The molecule has 5 rings (SSSR count). The van der Waals surface area contributed by atoms with Gasteiger partial charge in [0.25, 0.3) is 0 Å². The van der Waals surface area contributed by atoms with Crippen molar-refractivity contribution in [3.05, 3.63) is 78.5 Å². The van der Waals surface area contributed by atoms with E-state index in [0.29, 0.717) is 46.8 Å². The summed E-state index contributed by atoms with van der Waals surface area (Å²) in [5, 5.41) is 3.21. The summed E-state index contributed by atoms with van der Waals surface area (Å²) in [4.78, 5) is 31.1. The molecule has 1 aliphatic heterocycles. The number of hydrogen-bond acceptors (Lipinski definition) is 6. The quantitative estimate of drug-likeness (QED) is 0.341. The molecule has 8 nitrogen and oxygen atoms in total. The Bertz CT molecular complexity index is 1530. The van der Waals surface area contributed by atoms with Gasteiger partial charge in [0.1, 0.15) is 17.5 Å². The summed E-state index contributed by atoms with van der Waals surface area (Å²) in [6, 6.07) is 14.2. The second kappa shape index (κ2) is 10.3. The molecule has 1 N–H and O–H groups in total. The van der Waals surface area contributed by atoms with Gasteiger partial charge in [0, 0.05) is 35.9 Å². The molecule has 1 fully saturated rings. The van der Waals surface area contributed by atoms with Crippen molar-refractivity contribution in [2.45, 2.75) is 6.42 Å². The first-order valence-electron chi connectivity index (χ1n) is 11.7. The van der Waals surface area contributed by atoms with Crippen molar-refractivity contribution in [2.75, 3.05) is 25.7 Å². The Kier molecular flexibility index (Phi) is 6.78. The highest BCUT2D eigenvalue weighted by atomic mass is 19.1. The summed E-state index contributed by atoms with van der Waals surface area (Å²) in [5.41, 5.74) is 1.02. The van der Waals surface area contributed by atoms with Crippen molar-refractivity contribution in [3.8, 4) is 23.0 Å². The van der Waals surface area contributed by atoms with E-state index in [-0.39, 0.29) is 11.4 Å². The number of carbonyl (C=O) groups excluding carboxylic acids is 2. The van der Waals surface area contributed by atoms with Crippen molar-refractivity contribution >= 4 is 34.1 Å². The van der Waals surface area contributed by atoms with Gasteiger partial charge in [-0.3, -0.25) is 19.5 Å². The van der Waals surface area contributed by atoms with Crippen molar-refractivity contribution in [3.63, 3.8) is 0 Å². The molecule has 2 heterocycles. The normalized spacial score (nSPS) is 14.7.